The van der Waals surface area contributed by atoms with Gasteiger partial charge in [0.25, 0.3) is 0 Å². The molecule has 0 spiro atoms. The summed E-state index contributed by atoms with van der Waals surface area (Å²) in [5.41, 5.74) is 2.69. The molecule has 0 fully saturated rings. The highest BCUT2D eigenvalue weighted by Crippen LogP contribution is 2.31. The van der Waals surface area contributed by atoms with Gasteiger partial charge < -0.3 is 0 Å². The van der Waals surface area contributed by atoms with E-state index < -0.39 is 0 Å². The van der Waals surface area contributed by atoms with Crippen molar-refractivity contribution in [1.29, 1.82) is 0 Å². The standard InChI is InChI=1S/C14H24/c1-9-12(14(6,7)8)10-11(2)13(3,4)5/h9-10H,1-2H2,3-8H3/b12-10+. The van der Waals surface area contributed by atoms with Crippen LogP contribution in [0, 0.1) is 10.8 Å². The smallest absolute Gasteiger partial charge is 0.0132 e. The van der Waals surface area contributed by atoms with Crippen LogP contribution >= 0.6 is 0 Å². The van der Waals surface area contributed by atoms with E-state index in [9.17, 15) is 0 Å². The summed E-state index contributed by atoms with van der Waals surface area (Å²) in [5.74, 6) is 0. The third kappa shape index (κ3) is 3.95. The van der Waals surface area contributed by atoms with E-state index in [0.717, 1.165) is 5.57 Å². The van der Waals surface area contributed by atoms with E-state index in [4.69, 9.17) is 0 Å². The Hall–Kier alpha value is -0.780. The van der Waals surface area contributed by atoms with Crippen molar-refractivity contribution in [3.8, 4) is 0 Å². The summed E-state index contributed by atoms with van der Waals surface area (Å²) < 4.78 is 0. The molecule has 0 aromatic rings. The van der Waals surface area contributed by atoms with Crippen LogP contribution in [0.1, 0.15) is 41.5 Å². The minimum atomic E-state index is 0.138. The number of allylic oxidation sites excluding steroid dienone is 4. The van der Waals surface area contributed by atoms with Gasteiger partial charge in [-0.1, -0.05) is 66.9 Å². The van der Waals surface area contributed by atoms with Crippen molar-refractivity contribution in [2.75, 3.05) is 0 Å². The van der Waals surface area contributed by atoms with Crippen LogP contribution in [0.15, 0.2) is 36.5 Å². The Bertz CT molecular complexity index is 251. The normalized spacial score (nSPS) is 14.0. The van der Waals surface area contributed by atoms with Crippen molar-refractivity contribution in [2.45, 2.75) is 41.5 Å². The summed E-state index contributed by atoms with van der Waals surface area (Å²) in [7, 11) is 0. The topological polar surface area (TPSA) is 0 Å². The lowest BCUT2D eigenvalue weighted by Crippen LogP contribution is -2.11. The molecule has 0 radical (unpaired) electrons. The molecule has 0 heterocycles. The van der Waals surface area contributed by atoms with Crippen molar-refractivity contribution < 1.29 is 0 Å². The zero-order chi connectivity index (χ0) is 11.6. The second-order valence-corrected chi connectivity index (χ2v) is 5.83. The van der Waals surface area contributed by atoms with Crippen molar-refractivity contribution in [3.05, 3.63) is 36.5 Å². The lowest BCUT2D eigenvalue weighted by molar-refractivity contribution is 0.499. The predicted molar refractivity (Wildman–Crippen MR) is 66.3 cm³/mol. The highest BCUT2D eigenvalue weighted by atomic mass is 14.2. The number of rotatable bonds is 2. The van der Waals surface area contributed by atoms with Gasteiger partial charge in [-0.15, -0.1) is 0 Å². The molecule has 0 aromatic heterocycles. The Morgan fingerprint density at radius 2 is 1.36 bits per heavy atom. The molecule has 80 valence electrons. The maximum Gasteiger partial charge on any atom is -0.0132 e. The Balaban J connectivity index is 4.98. The van der Waals surface area contributed by atoms with E-state index in [-0.39, 0.29) is 10.8 Å². The average Bonchev–Trinajstić information content (AvgIpc) is 1.95. The van der Waals surface area contributed by atoms with Crippen LogP contribution in [0.25, 0.3) is 0 Å². The van der Waals surface area contributed by atoms with Gasteiger partial charge in [0.05, 0.1) is 0 Å². The van der Waals surface area contributed by atoms with Crippen molar-refractivity contribution >= 4 is 0 Å². The first-order valence-electron chi connectivity index (χ1n) is 5.13. The van der Waals surface area contributed by atoms with Crippen LogP contribution in [0.5, 0.6) is 0 Å². The van der Waals surface area contributed by atoms with Gasteiger partial charge in [-0.25, -0.2) is 0 Å². The molecular weight excluding hydrogens is 168 g/mol. The SMILES string of the molecule is C=C/C(=C\C(=C)C(C)(C)C)C(C)(C)C. The molecule has 0 nitrogen and oxygen atoms in total. The summed E-state index contributed by atoms with van der Waals surface area (Å²) in [4.78, 5) is 0. The molecular formula is C14H24. The van der Waals surface area contributed by atoms with Crippen LogP contribution < -0.4 is 0 Å². The Morgan fingerprint density at radius 3 is 1.57 bits per heavy atom. The van der Waals surface area contributed by atoms with Gasteiger partial charge in [0, 0.05) is 0 Å². The summed E-state index contributed by atoms with van der Waals surface area (Å²) in [6, 6.07) is 0. The Morgan fingerprint density at radius 1 is 0.929 bits per heavy atom. The Kier molecular flexibility index (Phi) is 3.93. The molecule has 0 N–H and O–H groups in total. The minimum Gasteiger partial charge on any atom is -0.0988 e. The van der Waals surface area contributed by atoms with Crippen molar-refractivity contribution in [3.63, 3.8) is 0 Å². The first-order valence-corrected chi connectivity index (χ1v) is 5.13. The molecule has 0 aliphatic heterocycles. The number of hydrogen-bond donors (Lipinski definition) is 0. The summed E-state index contributed by atoms with van der Waals surface area (Å²) in [6.45, 7) is 21.1. The molecule has 0 saturated carbocycles. The van der Waals surface area contributed by atoms with E-state index in [1.165, 1.54) is 5.57 Å². The molecule has 0 rings (SSSR count). The van der Waals surface area contributed by atoms with Gasteiger partial charge in [-0.05, 0) is 22.0 Å². The zero-order valence-electron chi connectivity index (χ0n) is 10.6. The minimum absolute atomic E-state index is 0.138. The van der Waals surface area contributed by atoms with Crippen LogP contribution in [-0.2, 0) is 0 Å². The highest BCUT2D eigenvalue weighted by molar-refractivity contribution is 5.33. The largest absolute Gasteiger partial charge is 0.0988 e. The third-order valence-electron chi connectivity index (χ3n) is 2.38. The predicted octanol–water partition coefficient (Wildman–Crippen LogP) is 4.75. The van der Waals surface area contributed by atoms with Crippen LogP contribution in [0.2, 0.25) is 0 Å². The van der Waals surface area contributed by atoms with E-state index in [0.29, 0.717) is 0 Å². The van der Waals surface area contributed by atoms with Crippen molar-refractivity contribution in [2.24, 2.45) is 10.8 Å². The quantitative estimate of drug-likeness (QED) is 0.554. The summed E-state index contributed by atoms with van der Waals surface area (Å²) >= 11 is 0. The fourth-order valence-corrected chi connectivity index (χ4v) is 0.986. The molecule has 0 aliphatic carbocycles. The van der Waals surface area contributed by atoms with Gasteiger partial charge in [-0.3, -0.25) is 0 Å². The molecule has 0 aromatic carbocycles. The molecule has 0 aliphatic rings. The fourth-order valence-electron chi connectivity index (χ4n) is 0.986. The van der Waals surface area contributed by atoms with Crippen LogP contribution in [-0.4, -0.2) is 0 Å². The lowest BCUT2D eigenvalue weighted by Gasteiger charge is -2.24. The lowest BCUT2D eigenvalue weighted by atomic mass is 9.81. The van der Waals surface area contributed by atoms with Gasteiger partial charge >= 0.3 is 0 Å². The maximum atomic E-state index is 4.10. The highest BCUT2D eigenvalue weighted by Gasteiger charge is 2.18. The van der Waals surface area contributed by atoms with Crippen LogP contribution in [0.4, 0.5) is 0 Å². The third-order valence-corrected chi connectivity index (χ3v) is 2.38. The molecule has 0 bridgehead atoms. The van der Waals surface area contributed by atoms with E-state index in [1.807, 2.05) is 6.08 Å². The summed E-state index contributed by atoms with van der Waals surface area (Å²) in [6.07, 6.45) is 4.09. The molecule has 0 saturated heterocycles. The fraction of sp³-hybridized carbons (Fsp3) is 0.571. The zero-order valence-corrected chi connectivity index (χ0v) is 10.6. The van der Waals surface area contributed by atoms with Gasteiger partial charge in [-0.2, -0.15) is 0 Å². The molecule has 0 amide bonds. The van der Waals surface area contributed by atoms with Crippen molar-refractivity contribution in [1.82, 2.24) is 0 Å². The van der Waals surface area contributed by atoms with E-state index in [1.54, 1.807) is 0 Å². The van der Waals surface area contributed by atoms with Gasteiger partial charge in [0.15, 0.2) is 0 Å². The van der Waals surface area contributed by atoms with E-state index in [2.05, 4.69) is 60.8 Å². The van der Waals surface area contributed by atoms with Gasteiger partial charge in [0.1, 0.15) is 0 Å². The Labute approximate surface area is 89.4 Å². The first kappa shape index (κ1) is 13.2. The average molecular weight is 192 g/mol. The molecule has 14 heavy (non-hydrogen) atoms. The maximum absolute atomic E-state index is 4.10. The number of hydrogen-bond acceptors (Lipinski definition) is 0. The molecule has 0 atom stereocenters. The monoisotopic (exact) mass is 192 g/mol. The second kappa shape index (κ2) is 4.16. The molecule has 0 heteroatoms. The molecule has 0 unspecified atom stereocenters. The first-order chi connectivity index (χ1) is 6.09. The van der Waals surface area contributed by atoms with Crippen LogP contribution in [0.3, 0.4) is 0 Å². The summed E-state index contributed by atoms with van der Waals surface area (Å²) in [5, 5.41) is 0. The van der Waals surface area contributed by atoms with Gasteiger partial charge in [0.2, 0.25) is 0 Å². The second-order valence-electron chi connectivity index (χ2n) is 5.83. The van der Waals surface area contributed by atoms with E-state index >= 15 is 0 Å².